The highest BCUT2D eigenvalue weighted by molar-refractivity contribution is 6.07. The van der Waals surface area contributed by atoms with Crippen LogP contribution in [0.15, 0.2) is 54.9 Å². The molecule has 4 aromatic rings. The van der Waals surface area contributed by atoms with Crippen LogP contribution >= 0.6 is 0 Å². The highest BCUT2D eigenvalue weighted by Gasteiger charge is 2.22. The van der Waals surface area contributed by atoms with Crippen LogP contribution in [0, 0.1) is 0 Å². The summed E-state index contributed by atoms with van der Waals surface area (Å²) in [5, 5.41) is 26.7. The molecule has 3 N–H and O–H groups in total. The average molecular weight is 362 g/mol. The second-order valence-electron chi connectivity index (χ2n) is 5.90. The van der Waals surface area contributed by atoms with Crippen molar-refractivity contribution in [2.24, 2.45) is 0 Å². The third-order valence-corrected chi connectivity index (χ3v) is 4.22. The molecule has 0 spiro atoms. The number of aliphatic carboxylic acids is 1. The van der Waals surface area contributed by atoms with Gasteiger partial charge in [0.25, 0.3) is 5.91 Å². The first-order chi connectivity index (χ1) is 13.1. The Morgan fingerprint density at radius 3 is 2.56 bits per heavy atom. The number of carbonyl (C=O) groups is 2. The van der Waals surface area contributed by atoms with Crippen molar-refractivity contribution in [3.05, 3.63) is 60.6 Å². The first-order valence-electron chi connectivity index (χ1n) is 8.10. The van der Waals surface area contributed by atoms with Gasteiger partial charge in [0.1, 0.15) is 12.9 Å². The molecule has 27 heavy (non-hydrogen) atoms. The molecule has 0 fully saturated rings. The van der Waals surface area contributed by atoms with Crippen molar-refractivity contribution in [1.29, 1.82) is 0 Å². The molecule has 0 saturated heterocycles. The van der Waals surface area contributed by atoms with Gasteiger partial charge in [-0.15, -0.1) is 0 Å². The van der Waals surface area contributed by atoms with Crippen molar-refractivity contribution in [1.82, 2.24) is 19.9 Å². The quantitative estimate of drug-likeness (QED) is 0.512. The van der Waals surface area contributed by atoms with Crippen molar-refractivity contribution in [3.63, 3.8) is 0 Å². The van der Waals surface area contributed by atoms with Gasteiger partial charge < -0.3 is 15.5 Å². The smallest absolute Gasteiger partial charge is 0.322 e. The van der Waals surface area contributed by atoms with E-state index in [1.165, 1.54) is 10.8 Å². The summed E-state index contributed by atoms with van der Waals surface area (Å²) in [5.74, 6) is -2.23. The lowest BCUT2D eigenvalue weighted by Gasteiger charge is -2.12. The number of nitrogens with one attached hydrogen (secondary N) is 1. The van der Waals surface area contributed by atoms with E-state index in [2.05, 4.69) is 15.4 Å². The number of amides is 1. The molecule has 2 heterocycles. The van der Waals surface area contributed by atoms with E-state index in [1.807, 2.05) is 42.5 Å². The predicted octanol–water partition coefficient (Wildman–Crippen LogP) is 2.07. The van der Waals surface area contributed by atoms with Crippen LogP contribution in [0.4, 0.5) is 0 Å². The van der Waals surface area contributed by atoms with Crippen LogP contribution in [-0.2, 0) is 4.79 Å². The molecule has 0 radical (unpaired) electrons. The Kier molecular flexibility index (Phi) is 3.92. The highest BCUT2D eigenvalue weighted by Crippen LogP contribution is 2.34. The number of aromatic hydroxyl groups is 1. The maximum atomic E-state index is 12.4. The van der Waals surface area contributed by atoms with Gasteiger partial charge in [0.2, 0.25) is 0 Å². The van der Waals surface area contributed by atoms with E-state index in [1.54, 1.807) is 6.07 Å². The van der Waals surface area contributed by atoms with Crippen LogP contribution in [-0.4, -0.2) is 43.2 Å². The summed E-state index contributed by atoms with van der Waals surface area (Å²) >= 11 is 0. The zero-order chi connectivity index (χ0) is 19.0. The molecule has 8 heteroatoms. The molecule has 0 aliphatic rings. The normalized spacial score (nSPS) is 11.0. The Hall–Kier alpha value is -3.94. The largest absolute Gasteiger partial charge is 0.505 e. The molecule has 8 nitrogen and oxygen atoms in total. The van der Waals surface area contributed by atoms with E-state index in [0.717, 1.165) is 11.1 Å². The van der Waals surface area contributed by atoms with Crippen molar-refractivity contribution in [3.8, 4) is 16.9 Å². The molecule has 0 unspecified atom stereocenters. The van der Waals surface area contributed by atoms with Gasteiger partial charge in [-0.3, -0.25) is 9.59 Å². The van der Waals surface area contributed by atoms with Crippen molar-refractivity contribution in [2.75, 3.05) is 6.54 Å². The summed E-state index contributed by atoms with van der Waals surface area (Å²) in [7, 11) is 0. The van der Waals surface area contributed by atoms with Crippen LogP contribution in [0.2, 0.25) is 0 Å². The van der Waals surface area contributed by atoms with Gasteiger partial charge in [0, 0.05) is 10.8 Å². The topological polar surface area (TPSA) is 117 Å². The first kappa shape index (κ1) is 16.5. The van der Waals surface area contributed by atoms with E-state index in [4.69, 9.17) is 5.11 Å². The van der Waals surface area contributed by atoms with Crippen LogP contribution in [0.3, 0.4) is 0 Å². The Bertz CT molecular complexity index is 1180. The van der Waals surface area contributed by atoms with E-state index in [9.17, 15) is 14.7 Å². The van der Waals surface area contributed by atoms with Gasteiger partial charge >= 0.3 is 5.97 Å². The number of aromatic nitrogens is 3. The number of hydrogen-bond acceptors (Lipinski definition) is 5. The SMILES string of the molecule is O=C(O)CNC(=O)c1c(O)c2ccc(-c3ccccc3)cc2c2ncnn12. The van der Waals surface area contributed by atoms with Crippen molar-refractivity contribution >= 4 is 28.3 Å². The number of benzene rings is 2. The van der Waals surface area contributed by atoms with E-state index in [0.29, 0.717) is 16.4 Å². The number of rotatable bonds is 4. The number of nitrogens with zero attached hydrogens (tertiary/aromatic N) is 3. The lowest BCUT2D eigenvalue weighted by atomic mass is 10.0. The minimum Gasteiger partial charge on any atom is -0.505 e. The first-order valence-corrected chi connectivity index (χ1v) is 8.10. The lowest BCUT2D eigenvalue weighted by Crippen LogP contribution is -2.31. The monoisotopic (exact) mass is 362 g/mol. The molecule has 4 rings (SSSR count). The Balaban J connectivity index is 1.92. The van der Waals surface area contributed by atoms with Crippen LogP contribution in [0.25, 0.3) is 27.5 Å². The predicted molar refractivity (Wildman–Crippen MR) is 97.6 cm³/mol. The lowest BCUT2D eigenvalue weighted by molar-refractivity contribution is -0.135. The Morgan fingerprint density at radius 2 is 1.81 bits per heavy atom. The Morgan fingerprint density at radius 1 is 1.04 bits per heavy atom. The molecule has 0 saturated carbocycles. The zero-order valence-electron chi connectivity index (χ0n) is 14.0. The van der Waals surface area contributed by atoms with Gasteiger partial charge in [0.15, 0.2) is 17.1 Å². The van der Waals surface area contributed by atoms with E-state index in [-0.39, 0.29) is 11.4 Å². The molecule has 2 aromatic heterocycles. The van der Waals surface area contributed by atoms with E-state index >= 15 is 0 Å². The molecule has 1 amide bonds. The summed E-state index contributed by atoms with van der Waals surface area (Å²) in [4.78, 5) is 27.3. The summed E-state index contributed by atoms with van der Waals surface area (Å²) in [6.07, 6.45) is 1.28. The maximum absolute atomic E-state index is 12.4. The van der Waals surface area contributed by atoms with Crippen LogP contribution in [0.5, 0.6) is 5.75 Å². The molecule has 0 bridgehead atoms. The second-order valence-corrected chi connectivity index (χ2v) is 5.90. The molecule has 0 atom stereocenters. The zero-order valence-corrected chi connectivity index (χ0v) is 14.0. The van der Waals surface area contributed by atoms with Gasteiger partial charge in [-0.1, -0.05) is 36.4 Å². The maximum Gasteiger partial charge on any atom is 0.322 e. The number of carbonyl (C=O) groups excluding carboxylic acids is 1. The highest BCUT2D eigenvalue weighted by atomic mass is 16.4. The summed E-state index contributed by atoms with van der Waals surface area (Å²) in [6, 6.07) is 15.1. The minimum absolute atomic E-state index is 0.163. The average Bonchev–Trinajstić information content (AvgIpc) is 3.16. The molecule has 0 aliphatic heterocycles. The number of carboxylic acids is 1. The van der Waals surface area contributed by atoms with Crippen molar-refractivity contribution < 1.29 is 19.8 Å². The summed E-state index contributed by atoms with van der Waals surface area (Å²) < 4.78 is 1.21. The number of hydrogen-bond donors (Lipinski definition) is 3. The second kappa shape index (κ2) is 6.41. The fourth-order valence-electron chi connectivity index (χ4n) is 3.01. The molecular weight excluding hydrogens is 348 g/mol. The van der Waals surface area contributed by atoms with Gasteiger partial charge in [-0.25, -0.2) is 9.50 Å². The standard InChI is InChI=1S/C19H14N4O4/c24-15(25)9-20-19(27)16-17(26)13-7-6-12(11-4-2-1-3-5-11)8-14(13)18-21-10-22-23(16)18/h1-8,10,26H,9H2,(H,20,27)(H,24,25). The van der Waals surface area contributed by atoms with Gasteiger partial charge in [-0.05, 0) is 23.3 Å². The molecular formula is C19H14N4O4. The van der Waals surface area contributed by atoms with E-state index < -0.39 is 18.4 Å². The number of pyridine rings is 1. The van der Waals surface area contributed by atoms with Gasteiger partial charge in [0.05, 0.1) is 0 Å². The summed E-state index contributed by atoms with van der Waals surface area (Å²) in [5.41, 5.74) is 2.15. The third kappa shape index (κ3) is 2.82. The fourth-order valence-corrected chi connectivity index (χ4v) is 3.01. The van der Waals surface area contributed by atoms with Crippen molar-refractivity contribution in [2.45, 2.75) is 0 Å². The number of fused-ring (bicyclic) bond motifs is 3. The third-order valence-electron chi connectivity index (χ3n) is 4.22. The minimum atomic E-state index is -1.19. The molecule has 0 aliphatic carbocycles. The Labute approximate surface area is 152 Å². The molecule has 2 aromatic carbocycles. The van der Waals surface area contributed by atoms with Crippen LogP contribution in [0.1, 0.15) is 10.5 Å². The van der Waals surface area contributed by atoms with Gasteiger partial charge in [-0.2, -0.15) is 5.10 Å². The molecule has 134 valence electrons. The summed E-state index contributed by atoms with van der Waals surface area (Å²) in [6.45, 7) is -0.570. The van der Waals surface area contributed by atoms with Crippen LogP contribution < -0.4 is 5.32 Å². The fraction of sp³-hybridized carbons (Fsp3) is 0.0526. The number of carboxylic acid groups (broad SMARTS) is 1.